The third-order valence-corrected chi connectivity index (χ3v) is 3.23. The van der Waals surface area contributed by atoms with Crippen LogP contribution in [0.4, 0.5) is 0 Å². The van der Waals surface area contributed by atoms with Crippen LogP contribution in [-0.4, -0.2) is 8.07 Å². The van der Waals surface area contributed by atoms with Crippen LogP contribution < -0.4 is 0 Å². The third kappa shape index (κ3) is 3.22. The Labute approximate surface area is 76.6 Å². The van der Waals surface area contributed by atoms with Gasteiger partial charge in [-0.15, -0.1) is 0 Å². The molecule has 0 aliphatic heterocycles. The molecule has 0 saturated carbocycles. The van der Waals surface area contributed by atoms with Crippen molar-refractivity contribution in [2.45, 2.75) is 25.7 Å². The second-order valence-electron chi connectivity index (χ2n) is 4.55. The fraction of sp³-hybridized carbons (Fsp3) is 0.364. The normalized spacial score (nSPS) is 11.7. The lowest BCUT2D eigenvalue weighted by atomic mass is 10.2. The molecule has 1 heteroatoms. The van der Waals surface area contributed by atoms with E-state index in [9.17, 15) is 0 Å². The van der Waals surface area contributed by atoms with Gasteiger partial charge in [0.05, 0.1) is 0 Å². The molecule has 1 aromatic rings. The lowest BCUT2D eigenvalue weighted by Crippen LogP contribution is -2.23. The Balaban J connectivity index is 2.71. The standard InChI is InChI=1S/C11H17Si/c1-10-5-7-11(8-6-10)9-12(2,3)4/h5-8H,1,9H2,2-4H3. The van der Waals surface area contributed by atoms with Gasteiger partial charge < -0.3 is 0 Å². The Bertz CT molecular complexity index is 241. The van der Waals surface area contributed by atoms with Crippen LogP contribution in [0.1, 0.15) is 11.1 Å². The molecule has 12 heavy (non-hydrogen) atoms. The molecule has 0 aliphatic carbocycles. The van der Waals surface area contributed by atoms with Crippen molar-refractivity contribution in [3.05, 3.63) is 42.3 Å². The lowest BCUT2D eigenvalue weighted by molar-refractivity contribution is 1.30. The molecule has 0 nitrogen and oxygen atoms in total. The lowest BCUT2D eigenvalue weighted by Gasteiger charge is -2.15. The highest BCUT2D eigenvalue weighted by molar-refractivity contribution is 6.75. The first kappa shape index (κ1) is 9.52. The zero-order valence-electron chi connectivity index (χ0n) is 8.22. The molecule has 0 atom stereocenters. The Morgan fingerprint density at radius 3 is 2.00 bits per heavy atom. The minimum absolute atomic E-state index is 0.936. The van der Waals surface area contributed by atoms with E-state index in [4.69, 9.17) is 0 Å². The predicted molar refractivity (Wildman–Crippen MR) is 58.0 cm³/mol. The van der Waals surface area contributed by atoms with Gasteiger partial charge in [-0.25, -0.2) is 0 Å². The number of hydrogen-bond donors (Lipinski definition) is 0. The van der Waals surface area contributed by atoms with Gasteiger partial charge >= 0.3 is 0 Å². The second kappa shape index (κ2) is 3.44. The Kier molecular flexibility index (Phi) is 2.73. The highest BCUT2D eigenvalue weighted by atomic mass is 28.3. The van der Waals surface area contributed by atoms with E-state index in [1.807, 2.05) is 0 Å². The smallest absolute Gasteiger partial charge is 0.0487 e. The molecule has 0 amide bonds. The minimum atomic E-state index is -0.936. The summed E-state index contributed by atoms with van der Waals surface area (Å²) in [7, 11) is -0.936. The predicted octanol–water partition coefficient (Wildman–Crippen LogP) is 3.29. The molecule has 0 spiro atoms. The summed E-state index contributed by atoms with van der Waals surface area (Å²) in [5.74, 6) is 0. The van der Waals surface area contributed by atoms with Crippen LogP contribution >= 0.6 is 0 Å². The quantitative estimate of drug-likeness (QED) is 0.608. The number of hydrogen-bond acceptors (Lipinski definition) is 0. The van der Waals surface area contributed by atoms with Crippen molar-refractivity contribution in [2.75, 3.05) is 0 Å². The van der Waals surface area contributed by atoms with Gasteiger partial charge in [-0.1, -0.05) is 49.5 Å². The monoisotopic (exact) mass is 177 g/mol. The molecule has 0 saturated heterocycles. The highest BCUT2D eigenvalue weighted by Gasteiger charge is 2.12. The maximum atomic E-state index is 3.87. The average molecular weight is 177 g/mol. The molecule has 0 bridgehead atoms. The molecule has 0 unspecified atom stereocenters. The van der Waals surface area contributed by atoms with E-state index in [2.05, 4.69) is 50.8 Å². The van der Waals surface area contributed by atoms with Crippen molar-refractivity contribution in [1.82, 2.24) is 0 Å². The average Bonchev–Trinajstić information content (AvgIpc) is 1.91. The van der Waals surface area contributed by atoms with E-state index in [0.717, 1.165) is 5.56 Å². The summed E-state index contributed by atoms with van der Waals surface area (Å²) in [6, 6.07) is 9.85. The van der Waals surface area contributed by atoms with Crippen LogP contribution in [-0.2, 0) is 6.04 Å². The Morgan fingerprint density at radius 1 is 1.08 bits per heavy atom. The van der Waals surface area contributed by atoms with E-state index >= 15 is 0 Å². The summed E-state index contributed by atoms with van der Waals surface area (Å²) in [6.07, 6.45) is 0. The fourth-order valence-corrected chi connectivity index (χ4v) is 2.73. The van der Waals surface area contributed by atoms with Crippen LogP contribution in [0.2, 0.25) is 19.6 Å². The van der Waals surface area contributed by atoms with Crippen molar-refractivity contribution in [3.63, 3.8) is 0 Å². The van der Waals surface area contributed by atoms with E-state index in [1.54, 1.807) is 0 Å². The first-order valence-corrected chi connectivity index (χ1v) is 8.09. The topological polar surface area (TPSA) is 0 Å². The summed E-state index contributed by atoms with van der Waals surface area (Å²) in [4.78, 5) is 0. The van der Waals surface area contributed by atoms with Crippen molar-refractivity contribution < 1.29 is 0 Å². The molecule has 65 valence electrons. The van der Waals surface area contributed by atoms with Crippen LogP contribution in [0.3, 0.4) is 0 Å². The molecule has 1 radical (unpaired) electrons. The fourth-order valence-electron chi connectivity index (χ4n) is 1.27. The van der Waals surface area contributed by atoms with Crippen molar-refractivity contribution in [1.29, 1.82) is 0 Å². The summed E-state index contributed by atoms with van der Waals surface area (Å²) in [6.45, 7) is 11.1. The van der Waals surface area contributed by atoms with Gasteiger partial charge in [0.1, 0.15) is 0 Å². The van der Waals surface area contributed by atoms with Gasteiger partial charge in [0, 0.05) is 8.07 Å². The zero-order valence-corrected chi connectivity index (χ0v) is 9.22. The van der Waals surface area contributed by atoms with Crippen molar-refractivity contribution >= 4 is 8.07 Å². The van der Waals surface area contributed by atoms with Crippen LogP contribution in [0.15, 0.2) is 24.3 Å². The first-order chi connectivity index (χ1) is 5.47. The molecule has 0 fully saturated rings. The maximum absolute atomic E-state index is 3.87. The summed E-state index contributed by atoms with van der Waals surface area (Å²) in [5.41, 5.74) is 2.57. The van der Waals surface area contributed by atoms with Gasteiger partial charge in [-0.3, -0.25) is 0 Å². The van der Waals surface area contributed by atoms with E-state index < -0.39 is 8.07 Å². The van der Waals surface area contributed by atoms with Crippen LogP contribution in [0, 0.1) is 6.92 Å². The summed E-state index contributed by atoms with van der Waals surface area (Å²) in [5, 5.41) is 0. The van der Waals surface area contributed by atoms with Gasteiger partial charge in [-0.05, 0) is 18.5 Å². The molecular weight excluding hydrogens is 160 g/mol. The highest BCUT2D eigenvalue weighted by Crippen LogP contribution is 2.11. The van der Waals surface area contributed by atoms with Crippen molar-refractivity contribution in [2.24, 2.45) is 0 Å². The largest absolute Gasteiger partial charge is 0.0693 e. The molecule has 0 aliphatic rings. The van der Waals surface area contributed by atoms with E-state index in [-0.39, 0.29) is 0 Å². The summed E-state index contributed by atoms with van der Waals surface area (Å²) >= 11 is 0. The zero-order chi connectivity index (χ0) is 9.19. The van der Waals surface area contributed by atoms with Gasteiger partial charge in [0.15, 0.2) is 0 Å². The molecule has 1 aromatic carbocycles. The molecule has 0 N–H and O–H groups in total. The third-order valence-electron chi connectivity index (χ3n) is 1.76. The first-order valence-electron chi connectivity index (χ1n) is 4.38. The maximum Gasteiger partial charge on any atom is 0.0487 e. The number of rotatable bonds is 2. The molecule has 1 rings (SSSR count). The molecular formula is C11H17Si. The van der Waals surface area contributed by atoms with Crippen LogP contribution in [0.25, 0.3) is 0 Å². The second-order valence-corrected chi connectivity index (χ2v) is 10.0. The van der Waals surface area contributed by atoms with Crippen LogP contribution in [0.5, 0.6) is 0 Å². The van der Waals surface area contributed by atoms with E-state index in [1.165, 1.54) is 11.6 Å². The Morgan fingerprint density at radius 2 is 1.58 bits per heavy atom. The van der Waals surface area contributed by atoms with E-state index in [0.29, 0.717) is 0 Å². The SMILES string of the molecule is [CH2]c1ccc(C[Si](C)(C)C)cc1. The minimum Gasteiger partial charge on any atom is -0.0693 e. The molecule has 0 aromatic heterocycles. The van der Waals surface area contributed by atoms with Gasteiger partial charge in [0.25, 0.3) is 0 Å². The molecule has 0 heterocycles. The Hall–Kier alpha value is -0.563. The summed E-state index contributed by atoms with van der Waals surface area (Å²) < 4.78 is 0. The van der Waals surface area contributed by atoms with Gasteiger partial charge in [0.2, 0.25) is 0 Å². The van der Waals surface area contributed by atoms with Crippen molar-refractivity contribution in [3.8, 4) is 0 Å². The number of benzene rings is 1. The van der Waals surface area contributed by atoms with Gasteiger partial charge in [-0.2, -0.15) is 0 Å².